The van der Waals surface area contributed by atoms with Gasteiger partial charge in [0.15, 0.2) is 5.84 Å². The lowest BCUT2D eigenvalue weighted by molar-refractivity contribution is 0.235. The second kappa shape index (κ2) is 6.30. The third-order valence-electron chi connectivity index (χ3n) is 3.96. The van der Waals surface area contributed by atoms with Crippen molar-refractivity contribution in [2.75, 3.05) is 19.8 Å². The third kappa shape index (κ3) is 2.89. The van der Waals surface area contributed by atoms with Crippen LogP contribution in [-0.2, 0) is 0 Å². The first kappa shape index (κ1) is 14.8. The topological polar surface area (TPSA) is 51.1 Å². The van der Waals surface area contributed by atoms with Crippen LogP contribution < -0.4 is 5.32 Å². The first-order valence-corrected chi connectivity index (χ1v) is 8.05. The SMILES string of the molecule is CCCN1C=C2NC(c3ccc(O)cc3)N=C2N(CCC)C1. The molecule has 0 fully saturated rings. The van der Waals surface area contributed by atoms with Gasteiger partial charge in [0.1, 0.15) is 11.9 Å². The molecule has 2 aliphatic rings. The fraction of sp³-hybridized carbons (Fsp3) is 0.471. The van der Waals surface area contributed by atoms with Crippen LogP contribution >= 0.6 is 0 Å². The van der Waals surface area contributed by atoms with Crippen molar-refractivity contribution in [2.24, 2.45) is 4.99 Å². The smallest absolute Gasteiger partial charge is 0.152 e. The Morgan fingerprint density at radius 3 is 2.59 bits per heavy atom. The van der Waals surface area contributed by atoms with Crippen LogP contribution in [0.4, 0.5) is 0 Å². The first-order valence-electron chi connectivity index (χ1n) is 8.05. The van der Waals surface area contributed by atoms with E-state index in [-0.39, 0.29) is 11.9 Å². The molecular formula is C17H24N4O. The molecule has 1 atom stereocenters. The molecule has 22 heavy (non-hydrogen) atoms. The van der Waals surface area contributed by atoms with Crippen LogP contribution in [0.5, 0.6) is 5.75 Å². The number of rotatable bonds is 5. The summed E-state index contributed by atoms with van der Waals surface area (Å²) >= 11 is 0. The van der Waals surface area contributed by atoms with Crippen molar-refractivity contribution in [2.45, 2.75) is 32.9 Å². The average Bonchev–Trinajstić information content (AvgIpc) is 2.93. The van der Waals surface area contributed by atoms with Crippen molar-refractivity contribution in [3.63, 3.8) is 0 Å². The van der Waals surface area contributed by atoms with Gasteiger partial charge in [-0.3, -0.25) is 0 Å². The van der Waals surface area contributed by atoms with Crippen molar-refractivity contribution < 1.29 is 5.11 Å². The summed E-state index contributed by atoms with van der Waals surface area (Å²) < 4.78 is 0. The standard InChI is InChI=1S/C17H24N4O/c1-3-9-20-11-15-17(21(12-20)10-4-2)19-16(18-15)13-5-7-14(22)8-6-13/h5-8,11,16,18,22H,3-4,9-10,12H2,1-2H3. The van der Waals surface area contributed by atoms with E-state index in [1.54, 1.807) is 12.1 Å². The van der Waals surface area contributed by atoms with E-state index in [4.69, 9.17) is 4.99 Å². The summed E-state index contributed by atoms with van der Waals surface area (Å²) in [6.07, 6.45) is 4.37. The van der Waals surface area contributed by atoms with Crippen LogP contribution in [0.1, 0.15) is 38.4 Å². The molecule has 0 amide bonds. The molecule has 5 nitrogen and oxygen atoms in total. The highest BCUT2D eigenvalue weighted by Crippen LogP contribution is 2.27. The maximum atomic E-state index is 9.43. The van der Waals surface area contributed by atoms with Crippen LogP contribution in [0.15, 0.2) is 41.2 Å². The lowest BCUT2D eigenvalue weighted by Crippen LogP contribution is -2.45. The molecule has 2 aliphatic heterocycles. The van der Waals surface area contributed by atoms with Crippen LogP contribution in [0.3, 0.4) is 0 Å². The third-order valence-corrected chi connectivity index (χ3v) is 3.96. The van der Waals surface area contributed by atoms with Gasteiger partial charge in [-0.1, -0.05) is 26.0 Å². The zero-order chi connectivity index (χ0) is 15.5. The lowest BCUT2D eigenvalue weighted by atomic mass is 10.2. The molecule has 2 heterocycles. The molecule has 0 radical (unpaired) electrons. The highest BCUT2D eigenvalue weighted by molar-refractivity contribution is 6.00. The summed E-state index contributed by atoms with van der Waals surface area (Å²) in [6.45, 7) is 7.38. The second-order valence-electron chi connectivity index (χ2n) is 5.85. The molecule has 118 valence electrons. The number of amidine groups is 1. The van der Waals surface area contributed by atoms with Gasteiger partial charge in [-0.25, -0.2) is 4.99 Å². The molecule has 0 spiro atoms. The summed E-state index contributed by atoms with van der Waals surface area (Å²) in [5.41, 5.74) is 2.17. The van der Waals surface area contributed by atoms with Crippen molar-refractivity contribution in [1.82, 2.24) is 15.1 Å². The van der Waals surface area contributed by atoms with Gasteiger partial charge in [0.2, 0.25) is 0 Å². The summed E-state index contributed by atoms with van der Waals surface area (Å²) in [7, 11) is 0. The molecule has 1 aromatic rings. The molecule has 5 heteroatoms. The predicted molar refractivity (Wildman–Crippen MR) is 88.4 cm³/mol. The van der Waals surface area contributed by atoms with Gasteiger partial charge < -0.3 is 20.2 Å². The number of aromatic hydroxyl groups is 1. The van der Waals surface area contributed by atoms with E-state index in [1.165, 1.54) is 0 Å². The summed E-state index contributed by atoms with van der Waals surface area (Å²) in [4.78, 5) is 9.55. The Bertz CT molecular complexity index is 579. The van der Waals surface area contributed by atoms with E-state index in [0.717, 1.165) is 49.7 Å². The minimum absolute atomic E-state index is 0.0669. The molecule has 0 aromatic heterocycles. The highest BCUT2D eigenvalue weighted by Gasteiger charge is 2.30. The Kier molecular flexibility index (Phi) is 4.22. The van der Waals surface area contributed by atoms with Gasteiger partial charge in [-0.05, 0) is 30.5 Å². The van der Waals surface area contributed by atoms with E-state index in [2.05, 4.69) is 35.2 Å². The fourth-order valence-electron chi connectivity index (χ4n) is 2.98. The number of aliphatic imine (C=N–C) groups is 1. The Morgan fingerprint density at radius 2 is 1.91 bits per heavy atom. The number of benzene rings is 1. The van der Waals surface area contributed by atoms with Crippen LogP contribution in [0, 0.1) is 0 Å². The molecule has 0 aliphatic carbocycles. The second-order valence-corrected chi connectivity index (χ2v) is 5.85. The Balaban J connectivity index is 1.85. The van der Waals surface area contributed by atoms with E-state index >= 15 is 0 Å². The fourth-order valence-corrected chi connectivity index (χ4v) is 2.98. The summed E-state index contributed by atoms with van der Waals surface area (Å²) in [6, 6.07) is 7.26. The van der Waals surface area contributed by atoms with E-state index < -0.39 is 0 Å². The number of nitrogens with zero attached hydrogens (tertiary/aromatic N) is 3. The lowest BCUT2D eigenvalue weighted by Gasteiger charge is -2.35. The largest absolute Gasteiger partial charge is 0.508 e. The maximum absolute atomic E-state index is 9.43. The Hall–Kier alpha value is -2.17. The quantitative estimate of drug-likeness (QED) is 0.878. The van der Waals surface area contributed by atoms with Crippen LogP contribution in [0.2, 0.25) is 0 Å². The molecule has 0 saturated carbocycles. The molecule has 3 rings (SSSR count). The van der Waals surface area contributed by atoms with Gasteiger partial charge in [-0.15, -0.1) is 0 Å². The van der Waals surface area contributed by atoms with Gasteiger partial charge in [0.25, 0.3) is 0 Å². The maximum Gasteiger partial charge on any atom is 0.152 e. The summed E-state index contributed by atoms with van der Waals surface area (Å²) in [5.74, 6) is 1.35. The van der Waals surface area contributed by atoms with Crippen molar-refractivity contribution in [3.05, 3.63) is 41.7 Å². The number of hydrogen-bond donors (Lipinski definition) is 2. The van der Waals surface area contributed by atoms with Crippen LogP contribution in [0.25, 0.3) is 0 Å². The normalized spacial score (nSPS) is 20.4. The molecule has 2 N–H and O–H groups in total. The van der Waals surface area contributed by atoms with Gasteiger partial charge >= 0.3 is 0 Å². The summed E-state index contributed by atoms with van der Waals surface area (Å²) in [5, 5.41) is 12.9. The molecule has 1 unspecified atom stereocenters. The van der Waals surface area contributed by atoms with Gasteiger partial charge in [-0.2, -0.15) is 0 Å². The predicted octanol–water partition coefficient (Wildman–Crippen LogP) is 2.63. The molecule has 1 aromatic carbocycles. The molecule has 0 saturated heterocycles. The number of phenolic OH excluding ortho intramolecular Hbond substituents is 1. The minimum Gasteiger partial charge on any atom is -0.508 e. The minimum atomic E-state index is -0.0669. The van der Waals surface area contributed by atoms with Gasteiger partial charge in [0, 0.05) is 19.3 Å². The van der Waals surface area contributed by atoms with E-state index in [9.17, 15) is 5.11 Å². The number of fused-ring (bicyclic) bond motifs is 1. The van der Waals surface area contributed by atoms with Gasteiger partial charge in [0.05, 0.1) is 12.4 Å². The first-order chi connectivity index (χ1) is 10.7. The molecular weight excluding hydrogens is 276 g/mol. The van der Waals surface area contributed by atoms with Crippen molar-refractivity contribution >= 4 is 5.84 Å². The van der Waals surface area contributed by atoms with E-state index in [1.807, 2.05) is 12.1 Å². The molecule has 0 bridgehead atoms. The Labute approximate surface area is 132 Å². The zero-order valence-corrected chi connectivity index (χ0v) is 13.3. The average molecular weight is 300 g/mol. The monoisotopic (exact) mass is 300 g/mol. The van der Waals surface area contributed by atoms with E-state index in [0.29, 0.717) is 0 Å². The zero-order valence-electron chi connectivity index (χ0n) is 13.3. The van der Waals surface area contributed by atoms with Crippen LogP contribution in [-0.4, -0.2) is 40.5 Å². The highest BCUT2D eigenvalue weighted by atomic mass is 16.3. The Morgan fingerprint density at radius 1 is 1.18 bits per heavy atom. The van der Waals surface area contributed by atoms with Crippen molar-refractivity contribution in [3.8, 4) is 5.75 Å². The van der Waals surface area contributed by atoms with Crippen molar-refractivity contribution in [1.29, 1.82) is 0 Å². The number of nitrogens with one attached hydrogen (secondary N) is 1. The number of hydrogen-bond acceptors (Lipinski definition) is 5. The number of phenols is 1.